The number of ether oxygens (including phenoxy) is 1. The zero-order valence-corrected chi connectivity index (χ0v) is 17.8. The lowest BCUT2D eigenvalue weighted by Crippen LogP contribution is -2.27. The van der Waals surface area contributed by atoms with Crippen LogP contribution < -0.4 is 15.6 Å². The minimum Gasteiger partial charge on any atom is -0.435 e. The monoisotopic (exact) mass is 449 g/mol. The van der Waals surface area contributed by atoms with Crippen LogP contribution in [0.1, 0.15) is 28.5 Å². The van der Waals surface area contributed by atoms with Gasteiger partial charge < -0.3 is 10.1 Å². The molecule has 0 aliphatic carbocycles. The van der Waals surface area contributed by atoms with E-state index in [1.54, 1.807) is 37.3 Å². The molecule has 1 heterocycles. The first-order valence-electron chi connectivity index (χ1n) is 10.4. The molecule has 0 fully saturated rings. The van der Waals surface area contributed by atoms with Gasteiger partial charge >= 0.3 is 6.61 Å². The fourth-order valence-electron chi connectivity index (χ4n) is 3.63. The Morgan fingerprint density at radius 2 is 1.73 bits per heavy atom. The molecule has 33 heavy (non-hydrogen) atoms. The molecule has 3 aromatic carbocycles. The average molecular weight is 449 g/mol. The van der Waals surface area contributed by atoms with Crippen LogP contribution in [0.4, 0.5) is 14.5 Å². The first-order chi connectivity index (χ1) is 16.0. The number of hydrogen-bond acceptors (Lipinski definition) is 4. The number of carbonyl (C=O) groups excluding carboxylic acids is 1. The van der Waals surface area contributed by atoms with Crippen molar-refractivity contribution in [1.29, 1.82) is 0 Å². The SMILES string of the molecule is CCn1nc(C(=O)Nc2ccc(OC(F)F)c(Cc3ccccc3)c2)c2ccccc2c1=O. The second kappa shape index (κ2) is 9.60. The van der Waals surface area contributed by atoms with E-state index in [0.29, 0.717) is 35.0 Å². The molecule has 0 saturated heterocycles. The summed E-state index contributed by atoms with van der Waals surface area (Å²) in [5, 5.41) is 7.83. The normalized spacial score (nSPS) is 11.0. The van der Waals surface area contributed by atoms with E-state index in [1.165, 1.54) is 16.8 Å². The Morgan fingerprint density at radius 1 is 1.03 bits per heavy atom. The third kappa shape index (κ3) is 4.90. The molecule has 6 nitrogen and oxygen atoms in total. The second-order valence-electron chi connectivity index (χ2n) is 7.33. The van der Waals surface area contributed by atoms with Crippen LogP contribution in [0.25, 0.3) is 10.8 Å². The Bertz CT molecular complexity index is 1350. The van der Waals surface area contributed by atoms with E-state index in [4.69, 9.17) is 0 Å². The number of fused-ring (bicyclic) bond motifs is 1. The smallest absolute Gasteiger partial charge is 0.387 e. The Labute approximate surface area is 188 Å². The van der Waals surface area contributed by atoms with Crippen molar-refractivity contribution in [2.45, 2.75) is 26.5 Å². The molecule has 0 atom stereocenters. The Balaban J connectivity index is 1.69. The predicted molar refractivity (Wildman–Crippen MR) is 122 cm³/mol. The van der Waals surface area contributed by atoms with Crippen molar-refractivity contribution in [2.75, 3.05) is 5.32 Å². The van der Waals surface area contributed by atoms with E-state index in [0.717, 1.165) is 5.56 Å². The van der Waals surface area contributed by atoms with Gasteiger partial charge in [0.2, 0.25) is 0 Å². The number of alkyl halides is 2. The molecular formula is C25H21F2N3O3. The number of anilines is 1. The number of nitrogens with one attached hydrogen (secondary N) is 1. The lowest BCUT2D eigenvalue weighted by molar-refractivity contribution is -0.0503. The molecule has 0 bridgehead atoms. The van der Waals surface area contributed by atoms with E-state index in [9.17, 15) is 18.4 Å². The van der Waals surface area contributed by atoms with Crippen molar-refractivity contribution in [3.05, 3.63) is 100.0 Å². The van der Waals surface area contributed by atoms with Crippen LogP contribution >= 0.6 is 0 Å². The molecule has 0 aliphatic rings. The summed E-state index contributed by atoms with van der Waals surface area (Å²) in [6.07, 6.45) is 0.342. The number of benzene rings is 3. The maximum absolute atomic E-state index is 13.1. The Hall–Kier alpha value is -4.07. The Morgan fingerprint density at radius 3 is 2.42 bits per heavy atom. The van der Waals surface area contributed by atoms with Gasteiger partial charge in [-0.15, -0.1) is 0 Å². The molecule has 4 rings (SSSR count). The van der Waals surface area contributed by atoms with E-state index in [-0.39, 0.29) is 17.0 Å². The quantitative estimate of drug-likeness (QED) is 0.437. The van der Waals surface area contributed by atoms with Gasteiger partial charge in [-0.3, -0.25) is 9.59 Å². The number of carbonyl (C=O) groups is 1. The number of rotatable bonds is 7. The molecule has 0 saturated carbocycles. The fraction of sp³-hybridized carbons (Fsp3) is 0.160. The highest BCUT2D eigenvalue weighted by Gasteiger charge is 2.18. The van der Waals surface area contributed by atoms with Gasteiger partial charge in [0, 0.05) is 29.6 Å². The van der Waals surface area contributed by atoms with Crippen molar-refractivity contribution in [2.24, 2.45) is 0 Å². The number of aryl methyl sites for hydroxylation is 1. The number of nitrogens with zero attached hydrogens (tertiary/aromatic N) is 2. The summed E-state index contributed by atoms with van der Waals surface area (Å²) in [5.74, 6) is -0.475. The van der Waals surface area contributed by atoms with E-state index >= 15 is 0 Å². The number of halogens is 2. The van der Waals surface area contributed by atoms with Crippen molar-refractivity contribution in [3.8, 4) is 5.75 Å². The molecule has 8 heteroatoms. The van der Waals surface area contributed by atoms with Crippen molar-refractivity contribution in [1.82, 2.24) is 9.78 Å². The van der Waals surface area contributed by atoms with Crippen LogP contribution in [0.2, 0.25) is 0 Å². The summed E-state index contributed by atoms with van der Waals surface area (Å²) in [4.78, 5) is 25.6. The summed E-state index contributed by atoms with van der Waals surface area (Å²) in [6, 6.07) is 20.6. The topological polar surface area (TPSA) is 73.2 Å². The van der Waals surface area contributed by atoms with Crippen LogP contribution in [0.15, 0.2) is 77.6 Å². The average Bonchev–Trinajstić information content (AvgIpc) is 2.81. The highest BCUT2D eigenvalue weighted by Crippen LogP contribution is 2.27. The molecule has 1 N–H and O–H groups in total. The number of aromatic nitrogens is 2. The molecule has 1 aromatic heterocycles. The molecule has 0 unspecified atom stereocenters. The minimum absolute atomic E-state index is 0.0370. The first kappa shape index (κ1) is 22.1. The standard InChI is InChI=1S/C25H21F2N3O3/c1-2-30-24(32)20-11-7-6-10-19(20)22(29-30)23(31)28-18-12-13-21(33-25(26)27)17(15-18)14-16-8-4-3-5-9-16/h3-13,15,25H,2,14H2,1H3,(H,28,31). The largest absolute Gasteiger partial charge is 0.435 e. The highest BCUT2D eigenvalue weighted by atomic mass is 19.3. The molecule has 168 valence electrons. The fourth-order valence-corrected chi connectivity index (χ4v) is 3.63. The maximum Gasteiger partial charge on any atom is 0.387 e. The van der Waals surface area contributed by atoms with Crippen LogP contribution in [0.5, 0.6) is 5.75 Å². The van der Waals surface area contributed by atoms with Crippen molar-refractivity contribution < 1.29 is 18.3 Å². The Kier molecular flexibility index (Phi) is 6.44. The van der Waals surface area contributed by atoms with Gasteiger partial charge in [0.05, 0.1) is 5.39 Å². The second-order valence-corrected chi connectivity index (χ2v) is 7.33. The lowest BCUT2D eigenvalue weighted by Gasteiger charge is -2.14. The minimum atomic E-state index is -2.97. The lowest BCUT2D eigenvalue weighted by atomic mass is 10.0. The van der Waals surface area contributed by atoms with E-state index in [1.807, 2.05) is 30.3 Å². The summed E-state index contributed by atoms with van der Waals surface area (Å²) in [6.45, 7) is -0.890. The van der Waals surface area contributed by atoms with Crippen LogP contribution in [-0.4, -0.2) is 22.3 Å². The summed E-state index contributed by atoms with van der Waals surface area (Å²) in [7, 11) is 0. The van der Waals surface area contributed by atoms with Crippen LogP contribution in [-0.2, 0) is 13.0 Å². The van der Waals surface area contributed by atoms with Gasteiger partial charge in [0.15, 0.2) is 5.69 Å². The molecule has 0 aliphatic heterocycles. The van der Waals surface area contributed by atoms with E-state index in [2.05, 4.69) is 15.2 Å². The zero-order chi connectivity index (χ0) is 23.4. The van der Waals surface area contributed by atoms with Crippen LogP contribution in [0.3, 0.4) is 0 Å². The van der Waals surface area contributed by atoms with Gasteiger partial charge in [-0.2, -0.15) is 13.9 Å². The van der Waals surface area contributed by atoms with Gasteiger partial charge in [0.25, 0.3) is 11.5 Å². The van der Waals surface area contributed by atoms with Crippen LogP contribution in [0, 0.1) is 0 Å². The molecule has 1 amide bonds. The number of amides is 1. The maximum atomic E-state index is 13.1. The number of hydrogen-bond donors (Lipinski definition) is 1. The first-order valence-corrected chi connectivity index (χ1v) is 10.4. The van der Waals surface area contributed by atoms with E-state index < -0.39 is 12.5 Å². The third-order valence-electron chi connectivity index (χ3n) is 5.15. The summed E-state index contributed by atoms with van der Waals surface area (Å²) in [5.41, 5.74) is 1.62. The summed E-state index contributed by atoms with van der Waals surface area (Å²) >= 11 is 0. The van der Waals surface area contributed by atoms with Gasteiger partial charge in [-0.25, -0.2) is 4.68 Å². The molecular weight excluding hydrogens is 428 g/mol. The molecule has 0 radical (unpaired) electrons. The highest BCUT2D eigenvalue weighted by molar-refractivity contribution is 6.11. The molecule has 0 spiro atoms. The van der Waals surface area contributed by atoms with Gasteiger partial charge in [-0.1, -0.05) is 48.5 Å². The van der Waals surface area contributed by atoms with Gasteiger partial charge in [0.1, 0.15) is 5.75 Å². The zero-order valence-electron chi connectivity index (χ0n) is 17.8. The van der Waals surface area contributed by atoms with Gasteiger partial charge in [-0.05, 0) is 36.8 Å². The summed E-state index contributed by atoms with van der Waals surface area (Å²) < 4.78 is 31.7. The third-order valence-corrected chi connectivity index (χ3v) is 5.15. The molecule has 4 aromatic rings. The van der Waals surface area contributed by atoms with Crippen molar-refractivity contribution >= 4 is 22.4 Å². The van der Waals surface area contributed by atoms with Crippen molar-refractivity contribution in [3.63, 3.8) is 0 Å². The predicted octanol–water partition coefficient (Wildman–Crippen LogP) is 4.86.